The molecule has 0 saturated carbocycles. The molecule has 0 spiro atoms. The van der Waals surface area contributed by atoms with Crippen molar-refractivity contribution in [2.75, 3.05) is 19.4 Å². The highest BCUT2D eigenvalue weighted by atomic mass is 32.2. The van der Waals surface area contributed by atoms with Gasteiger partial charge in [-0.25, -0.2) is 10.8 Å². The van der Waals surface area contributed by atoms with Crippen LogP contribution in [0.15, 0.2) is 18.2 Å². The molecular weight excluding hydrogens is 324 g/mol. The van der Waals surface area contributed by atoms with Crippen molar-refractivity contribution in [3.63, 3.8) is 0 Å². The lowest BCUT2D eigenvalue weighted by Gasteiger charge is -2.15. The van der Waals surface area contributed by atoms with Crippen LogP contribution < -0.4 is 16.6 Å². The van der Waals surface area contributed by atoms with E-state index in [2.05, 4.69) is 10.3 Å². The molecule has 0 bridgehead atoms. The predicted octanol–water partition coefficient (Wildman–Crippen LogP) is -0.747. The maximum absolute atomic E-state index is 12.5. The van der Waals surface area contributed by atoms with E-state index in [-0.39, 0.29) is 22.5 Å². The fourth-order valence-electron chi connectivity index (χ4n) is 1.92. The molecule has 1 aromatic carbocycles. The number of hydrogen-bond acceptors (Lipinski definition) is 6. The molecule has 0 unspecified atom stereocenters. The standard InChI is InChI=1S/C12H16N6O4S/c1-7(19)14-12-15-9-6-8(11(20)16-13)4-5-10(9)18(12)23(21,22)17(2)3/h4-6H,13H2,1-3H3,(H,16,20)(H,14,15,19). The number of aromatic nitrogens is 2. The molecule has 0 radical (unpaired) electrons. The fraction of sp³-hybridized carbons (Fsp3) is 0.250. The predicted molar refractivity (Wildman–Crippen MR) is 83.7 cm³/mol. The summed E-state index contributed by atoms with van der Waals surface area (Å²) in [5, 5.41) is 2.37. The number of amides is 2. The monoisotopic (exact) mass is 340 g/mol. The number of nitrogens with one attached hydrogen (secondary N) is 2. The van der Waals surface area contributed by atoms with Gasteiger partial charge in [0, 0.05) is 26.6 Å². The first-order valence-electron chi connectivity index (χ1n) is 6.42. The molecule has 0 saturated heterocycles. The minimum absolute atomic E-state index is 0.161. The van der Waals surface area contributed by atoms with Crippen molar-refractivity contribution in [2.45, 2.75) is 6.92 Å². The summed E-state index contributed by atoms with van der Waals surface area (Å²) in [5.41, 5.74) is 2.63. The van der Waals surface area contributed by atoms with Gasteiger partial charge in [0.05, 0.1) is 11.0 Å². The molecule has 10 nitrogen and oxygen atoms in total. The number of hydrogen-bond donors (Lipinski definition) is 3. The molecule has 2 rings (SSSR count). The Morgan fingerprint density at radius 1 is 1.30 bits per heavy atom. The number of fused-ring (bicyclic) bond motifs is 1. The van der Waals surface area contributed by atoms with E-state index in [0.29, 0.717) is 0 Å². The number of carbonyl (C=O) groups is 2. The van der Waals surface area contributed by atoms with Crippen LogP contribution >= 0.6 is 0 Å². The van der Waals surface area contributed by atoms with E-state index in [0.717, 1.165) is 8.28 Å². The SMILES string of the molecule is CC(=O)Nc1nc2cc(C(=O)NN)ccc2n1S(=O)(=O)N(C)C. The summed E-state index contributed by atoms with van der Waals surface area (Å²) in [4.78, 5) is 27.0. The normalized spacial score (nSPS) is 11.7. The third-order valence-corrected chi connectivity index (χ3v) is 4.74. The number of hydrazine groups is 1. The Labute approximate surface area is 132 Å². The van der Waals surface area contributed by atoms with Crippen LogP contribution in [0.4, 0.5) is 5.95 Å². The summed E-state index contributed by atoms with van der Waals surface area (Å²) < 4.78 is 26.8. The van der Waals surface area contributed by atoms with Crippen molar-refractivity contribution in [1.82, 2.24) is 18.7 Å². The van der Waals surface area contributed by atoms with Gasteiger partial charge in [0.2, 0.25) is 11.9 Å². The molecule has 2 aromatic rings. The number of carbonyl (C=O) groups excluding carboxylic acids is 2. The van der Waals surface area contributed by atoms with E-state index in [4.69, 9.17) is 5.84 Å². The molecule has 11 heteroatoms. The van der Waals surface area contributed by atoms with Crippen molar-refractivity contribution >= 4 is 39.0 Å². The number of anilines is 1. The van der Waals surface area contributed by atoms with Crippen LogP contribution in [0, 0.1) is 0 Å². The fourth-order valence-corrected chi connectivity index (χ4v) is 2.95. The van der Waals surface area contributed by atoms with Crippen LogP contribution in [0.5, 0.6) is 0 Å². The zero-order valence-electron chi connectivity index (χ0n) is 12.7. The summed E-state index contributed by atoms with van der Waals surface area (Å²) in [5.74, 6) is 3.89. The highest BCUT2D eigenvalue weighted by molar-refractivity contribution is 7.87. The molecule has 23 heavy (non-hydrogen) atoms. The first kappa shape index (κ1) is 16.9. The summed E-state index contributed by atoms with van der Waals surface area (Å²) in [6, 6.07) is 4.20. The smallest absolute Gasteiger partial charge is 0.295 e. The van der Waals surface area contributed by atoms with Crippen LogP contribution in [0.3, 0.4) is 0 Å². The molecule has 2 amide bonds. The molecule has 0 fully saturated rings. The average Bonchev–Trinajstić information content (AvgIpc) is 2.82. The van der Waals surface area contributed by atoms with Gasteiger partial charge in [0.15, 0.2) is 0 Å². The second-order valence-corrected chi connectivity index (χ2v) is 6.84. The zero-order valence-corrected chi connectivity index (χ0v) is 13.5. The average molecular weight is 340 g/mol. The van der Waals surface area contributed by atoms with Crippen molar-refractivity contribution in [3.8, 4) is 0 Å². The lowest BCUT2D eigenvalue weighted by Crippen LogP contribution is -2.30. The van der Waals surface area contributed by atoms with Crippen molar-refractivity contribution in [1.29, 1.82) is 0 Å². The first-order chi connectivity index (χ1) is 10.7. The van der Waals surface area contributed by atoms with Gasteiger partial charge in [-0.3, -0.25) is 20.3 Å². The van der Waals surface area contributed by atoms with Gasteiger partial charge in [-0.1, -0.05) is 0 Å². The molecule has 0 atom stereocenters. The van der Waals surface area contributed by atoms with E-state index in [1.807, 2.05) is 5.43 Å². The molecule has 0 aliphatic rings. The van der Waals surface area contributed by atoms with Gasteiger partial charge in [-0.15, -0.1) is 0 Å². The Bertz CT molecular complexity index is 886. The lowest BCUT2D eigenvalue weighted by molar-refractivity contribution is -0.114. The molecule has 4 N–H and O–H groups in total. The van der Waals surface area contributed by atoms with Gasteiger partial charge < -0.3 is 0 Å². The number of nitrogens with two attached hydrogens (primary N) is 1. The van der Waals surface area contributed by atoms with Gasteiger partial charge in [0.1, 0.15) is 0 Å². The Kier molecular flexibility index (Phi) is 4.36. The summed E-state index contributed by atoms with van der Waals surface area (Å²) in [7, 11) is -1.22. The van der Waals surface area contributed by atoms with Crippen LogP contribution in [0.25, 0.3) is 11.0 Å². The quantitative estimate of drug-likeness (QED) is 0.380. The minimum Gasteiger partial charge on any atom is -0.295 e. The first-order valence-corrected chi connectivity index (χ1v) is 7.82. The number of imidazole rings is 1. The van der Waals surface area contributed by atoms with Crippen molar-refractivity contribution in [2.24, 2.45) is 5.84 Å². The molecule has 1 heterocycles. The zero-order chi connectivity index (χ0) is 17.4. The summed E-state index contributed by atoms with van der Waals surface area (Å²) in [6.45, 7) is 1.24. The molecule has 0 aliphatic carbocycles. The Morgan fingerprint density at radius 2 is 1.96 bits per heavy atom. The topological polar surface area (TPSA) is 139 Å². The van der Waals surface area contributed by atoms with E-state index in [9.17, 15) is 18.0 Å². The highest BCUT2D eigenvalue weighted by Gasteiger charge is 2.25. The number of benzene rings is 1. The van der Waals surface area contributed by atoms with E-state index in [1.54, 1.807) is 0 Å². The third kappa shape index (κ3) is 3.02. The second kappa shape index (κ2) is 5.95. The molecule has 124 valence electrons. The Hall–Kier alpha value is -2.50. The second-order valence-electron chi connectivity index (χ2n) is 4.85. The van der Waals surface area contributed by atoms with E-state index in [1.165, 1.54) is 39.2 Å². The lowest BCUT2D eigenvalue weighted by atomic mass is 10.2. The van der Waals surface area contributed by atoms with Gasteiger partial charge in [-0.2, -0.15) is 16.7 Å². The minimum atomic E-state index is -3.93. The molecule has 0 aliphatic heterocycles. The van der Waals surface area contributed by atoms with Crippen LogP contribution in [0.2, 0.25) is 0 Å². The van der Waals surface area contributed by atoms with Crippen LogP contribution in [-0.2, 0) is 15.0 Å². The van der Waals surface area contributed by atoms with Gasteiger partial charge >= 0.3 is 10.2 Å². The number of nitrogen functional groups attached to an aromatic ring is 1. The largest absolute Gasteiger partial charge is 0.310 e. The van der Waals surface area contributed by atoms with Crippen molar-refractivity contribution < 1.29 is 18.0 Å². The Balaban J connectivity index is 2.77. The van der Waals surface area contributed by atoms with Crippen molar-refractivity contribution in [3.05, 3.63) is 23.8 Å². The van der Waals surface area contributed by atoms with Gasteiger partial charge in [0.25, 0.3) is 5.91 Å². The maximum atomic E-state index is 12.5. The highest BCUT2D eigenvalue weighted by Crippen LogP contribution is 2.24. The number of nitrogens with zero attached hydrogens (tertiary/aromatic N) is 3. The summed E-state index contributed by atoms with van der Waals surface area (Å²) in [6.07, 6.45) is 0. The maximum Gasteiger partial charge on any atom is 0.310 e. The van der Waals surface area contributed by atoms with E-state index < -0.39 is 22.0 Å². The van der Waals surface area contributed by atoms with Gasteiger partial charge in [-0.05, 0) is 18.2 Å². The number of rotatable bonds is 4. The van der Waals surface area contributed by atoms with Crippen LogP contribution in [0.1, 0.15) is 17.3 Å². The molecular formula is C12H16N6O4S. The Morgan fingerprint density at radius 3 is 2.48 bits per heavy atom. The molecule has 1 aromatic heterocycles. The third-order valence-electron chi connectivity index (χ3n) is 2.99. The summed E-state index contributed by atoms with van der Waals surface area (Å²) >= 11 is 0. The van der Waals surface area contributed by atoms with E-state index >= 15 is 0 Å². The van der Waals surface area contributed by atoms with Crippen LogP contribution in [-0.4, -0.2) is 47.6 Å².